The minimum atomic E-state index is -0.934. The number of benzene rings is 1. The van der Waals surface area contributed by atoms with Crippen LogP contribution in [-0.4, -0.2) is 35.1 Å². The lowest BCUT2D eigenvalue weighted by atomic mass is 9.92. The molecule has 5 heteroatoms. The maximum absolute atomic E-state index is 13.1. The number of aliphatic hydroxyl groups is 1. The van der Waals surface area contributed by atoms with Gasteiger partial charge in [-0.3, -0.25) is 4.79 Å². The maximum atomic E-state index is 13.1. The molecule has 2 unspecified atom stereocenters. The molecule has 1 aromatic rings. The molecular weight excluding hydrogens is 264 g/mol. The zero-order valence-corrected chi connectivity index (χ0v) is 11.5. The van der Waals surface area contributed by atoms with Gasteiger partial charge in [0, 0.05) is 19.0 Å². The lowest BCUT2D eigenvalue weighted by Crippen LogP contribution is -2.46. The van der Waals surface area contributed by atoms with Crippen LogP contribution in [0.5, 0.6) is 0 Å². The average molecular weight is 283 g/mol. The molecule has 110 valence electrons. The first kappa shape index (κ1) is 14.9. The van der Waals surface area contributed by atoms with Crippen LogP contribution in [0.1, 0.15) is 25.3 Å². The van der Waals surface area contributed by atoms with Crippen LogP contribution in [0.15, 0.2) is 18.2 Å². The third-order valence-electron chi connectivity index (χ3n) is 3.91. The van der Waals surface area contributed by atoms with E-state index < -0.39 is 11.6 Å². The molecule has 0 spiro atoms. The Morgan fingerprint density at radius 3 is 2.80 bits per heavy atom. The number of likely N-dealkylation sites (tertiary alicyclic amines) is 1. The van der Waals surface area contributed by atoms with Gasteiger partial charge < -0.3 is 10.0 Å². The number of carbonyl (C=O) groups excluding carboxylic acids is 1. The van der Waals surface area contributed by atoms with Crippen LogP contribution in [-0.2, 0) is 11.2 Å². The molecule has 1 heterocycles. The van der Waals surface area contributed by atoms with Gasteiger partial charge in [-0.05, 0) is 30.5 Å². The average Bonchev–Trinajstić information content (AvgIpc) is 2.43. The molecule has 1 N–H and O–H groups in total. The van der Waals surface area contributed by atoms with Crippen molar-refractivity contribution < 1.29 is 18.7 Å². The molecule has 1 saturated heterocycles. The molecule has 1 amide bonds. The predicted octanol–water partition coefficient (Wildman–Crippen LogP) is 2.13. The summed E-state index contributed by atoms with van der Waals surface area (Å²) in [5.41, 5.74) is 0.466. The van der Waals surface area contributed by atoms with Crippen molar-refractivity contribution in [2.24, 2.45) is 5.92 Å². The van der Waals surface area contributed by atoms with Gasteiger partial charge in [-0.15, -0.1) is 0 Å². The third-order valence-corrected chi connectivity index (χ3v) is 3.91. The van der Waals surface area contributed by atoms with E-state index in [0.717, 1.165) is 18.6 Å². The zero-order chi connectivity index (χ0) is 14.7. The highest BCUT2D eigenvalue weighted by Gasteiger charge is 2.28. The first-order valence-corrected chi connectivity index (χ1v) is 6.91. The number of halogens is 2. The Bertz CT molecular complexity index is 493. The van der Waals surface area contributed by atoms with Crippen LogP contribution in [0.2, 0.25) is 0 Å². The molecule has 1 aliphatic heterocycles. The van der Waals surface area contributed by atoms with Crippen LogP contribution >= 0.6 is 0 Å². The van der Waals surface area contributed by atoms with Crippen molar-refractivity contribution in [1.29, 1.82) is 0 Å². The molecule has 0 saturated carbocycles. The lowest BCUT2D eigenvalue weighted by molar-refractivity contribution is -0.134. The Morgan fingerprint density at radius 2 is 2.15 bits per heavy atom. The largest absolute Gasteiger partial charge is 0.393 e. The predicted molar refractivity (Wildman–Crippen MR) is 71.0 cm³/mol. The molecule has 0 radical (unpaired) electrons. The SMILES string of the molecule is CCC1CN(C(=O)Cc2ccc(F)c(F)c2)CCC1O. The summed E-state index contributed by atoms with van der Waals surface area (Å²) in [6.07, 6.45) is 1.09. The van der Waals surface area contributed by atoms with E-state index >= 15 is 0 Å². The van der Waals surface area contributed by atoms with Crippen LogP contribution in [0.25, 0.3) is 0 Å². The van der Waals surface area contributed by atoms with Gasteiger partial charge in [-0.25, -0.2) is 8.78 Å². The minimum Gasteiger partial charge on any atom is -0.393 e. The fourth-order valence-electron chi connectivity index (χ4n) is 2.58. The molecule has 0 bridgehead atoms. The summed E-state index contributed by atoms with van der Waals surface area (Å²) in [5.74, 6) is -1.86. The van der Waals surface area contributed by atoms with E-state index in [1.807, 2.05) is 6.92 Å². The van der Waals surface area contributed by atoms with Crippen molar-refractivity contribution in [3.8, 4) is 0 Å². The highest BCUT2D eigenvalue weighted by molar-refractivity contribution is 5.78. The van der Waals surface area contributed by atoms with Crippen molar-refractivity contribution in [2.45, 2.75) is 32.3 Å². The van der Waals surface area contributed by atoms with E-state index in [1.165, 1.54) is 6.07 Å². The Hall–Kier alpha value is -1.49. The second-order valence-corrected chi connectivity index (χ2v) is 5.29. The second-order valence-electron chi connectivity index (χ2n) is 5.29. The number of nitrogens with zero attached hydrogens (tertiary/aromatic N) is 1. The summed E-state index contributed by atoms with van der Waals surface area (Å²) in [5, 5.41) is 9.80. The third kappa shape index (κ3) is 3.33. The standard InChI is InChI=1S/C15H19F2NO2/c1-2-11-9-18(6-5-14(11)19)15(20)8-10-3-4-12(16)13(17)7-10/h3-4,7,11,14,19H,2,5-6,8-9H2,1H3. The molecular formula is C15H19F2NO2. The summed E-state index contributed by atoms with van der Waals surface area (Å²) >= 11 is 0. The quantitative estimate of drug-likeness (QED) is 0.923. The summed E-state index contributed by atoms with van der Waals surface area (Å²) in [4.78, 5) is 13.9. The van der Waals surface area contributed by atoms with Gasteiger partial charge >= 0.3 is 0 Å². The van der Waals surface area contributed by atoms with Gasteiger partial charge in [0.15, 0.2) is 11.6 Å². The van der Waals surface area contributed by atoms with Gasteiger partial charge in [0.1, 0.15) is 0 Å². The molecule has 0 aromatic heterocycles. The number of carbonyl (C=O) groups is 1. The number of amides is 1. The first-order valence-electron chi connectivity index (χ1n) is 6.91. The molecule has 1 aliphatic rings. The van der Waals surface area contributed by atoms with E-state index in [2.05, 4.69) is 0 Å². The smallest absolute Gasteiger partial charge is 0.227 e. The molecule has 3 nitrogen and oxygen atoms in total. The minimum absolute atomic E-state index is 0.0593. The molecule has 0 aliphatic carbocycles. The van der Waals surface area contributed by atoms with Crippen molar-refractivity contribution >= 4 is 5.91 Å². The van der Waals surface area contributed by atoms with Crippen LogP contribution < -0.4 is 0 Å². The molecule has 2 atom stereocenters. The molecule has 1 aromatic carbocycles. The van der Waals surface area contributed by atoms with Gasteiger partial charge in [-0.2, -0.15) is 0 Å². The maximum Gasteiger partial charge on any atom is 0.227 e. The monoisotopic (exact) mass is 283 g/mol. The second kappa shape index (κ2) is 6.31. The van der Waals surface area contributed by atoms with Gasteiger partial charge in [0.2, 0.25) is 5.91 Å². The summed E-state index contributed by atoms with van der Waals surface area (Å²) in [7, 11) is 0. The van der Waals surface area contributed by atoms with E-state index in [0.29, 0.717) is 25.1 Å². The van der Waals surface area contributed by atoms with Crippen LogP contribution in [0.4, 0.5) is 8.78 Å². The van der Waals surface area contributed by atoms with E-state index in [-0.39, 0.29) is 24.3 Å². The van der Waals surface area contributed by atoms with E-state index in [1.54, 1.807) is 4.90 Å². The topological polar surface area (TPSA) is 40.5 Å². The lowest BCUT2D eigenvalue weighted by Gasteiger charge is -2.35. The normalized spacial score (nSPS) is 22.9. The number of rotatable bonds is 3. The van der Waals surface area contributed by atoms with Crippen molar-refractivity contribution in [1.82, 2.24) is 4.90 Å². The highest BCUT2D eigenvalue weighted by Crippen LogP contribution is 2.21. The fraction of sp³-hybridized carbons (Fsp3) is 0.533. The Labute approximate surface area is 117 Å². The highest BCUT2D eigenvalue weighted by atomic mass is 19.2. The molecule has 20 heavy (non-hydrogen) atoms. The zero-order valence-electron chi connectivity index (χ0n) is 11.5. The molecule has 1 fully saturated rings. The molecule has 2 rings (SSSR count). The number of hydrogen-bond acceptors (Lipinski definition) is 2. The number of piperidine rings is 1. The fourth-order valence-corrected chi connectivity index (χ4v) is 2.58. The summed E-state index contributed by atoms with van der Waals surface area (Å²) in [6, 6.07) is 3.52. The number of hydrogen-bond donors (Lipinski definition) is 1. The van der Waals surface area contributed by atoms with Gasteiger partial charge in [0.25, 0.3) is 0 Å². The first-order chi connectivity index (χ1) is 9.51. The van der Waals surface area contributed by atoms with Crippen LogP contribution in [0.3, 0.4) is 0 Å². The van der Waals surface area contributed by atoms with Crippen molar-refractivity contribution in [3.63, 3.8) is 0 Å². The summed E-state index contributed by atoms with van der Waals surface area (Å²) in [6.45, 7) is 3.03. The Morgan fingerprint density at radius 1 is 1.40 bits per heavy atom. The van der Waals surface area contributed by atoms with Crippen LogP contribution in [0, 0.1) is 17.6 Å². The Balaban J connectivity index is 1.99. The van der Waals surface area contributed by atoms with Gasteiger partial charge in [-0.1, -0.05) is 13.0 Å². The number of aliphatic hydroxyl groups excluding tert-OH is 1. The summed E-state index contributed by atoms with van der Waals surface area (Å²) < 4.78 is 25.9. The van der Waals surface area contributed by atoms with E-state index in [4.69, 9.17) is 0 Å². The van der Waals surface area contributed by atoms with Crippen molar-refractivity contribution in [3.05, 3.63) is 35.4 Å². The van der Waals surface area contributed by atoms with E-state index in [9.17, 15) is 18.7 Å². The van der Waals surface area contributed by atoms with Crippen molar-refractivity contribution in [2.75, 3.05) is 13.1 Å². The van der Waals surface area contributed by atoms with Gasteiger partial charge in [0.05, 0.1) is 12.5 Å². The Kier molecular flexibility index (Phi) is 4.70.